The minimum absolute atomic E-state index is 0.0683. The lowest BCUT2D eigenvalue weighted by Crippen LogP contribution is -2.41. The SMILES string of the molecule is CN(Cc1cccc(OC2CCN(C(=O)c3ccc(-n4ccnc4)cc3)CC2)c1)Cc1cnccn1. The molecular formula is C28H30N6O2. The molecule has 2 aromatic carbocycles. The predicted molar refractivity (Wildman–Crippen MR) is 137 cm³/mol. The van der Waals surface area contributed by atoms with Crippen LogP contribution in [0.3, 0.4) is 0 Å². The fourth-order valence-electron chi connectivity index (χ4n) is 4.51. The first-order chi connectivity index (χ1) is 17.6. The van der Waals surface area contributed by atoms with E-state index < -0.39 is 0 Å². The number of hydrogen-bond donors (Lipinski definition) is 0. The second-order valence-electron chi connectivity index (χ2n) is 9.14. The smallest absolute Gasteiger partial charge is 0.253 e. The van der Waals surface area contributed by atoms with E-state index >= 15 is 0 Å². The van der Waals surface area contributed by atoms with Gasteiger partial charge in [-0.15, -0.1) is 0 Å². The highest BCUT2D eigenvalue weighted by molar-refractivity contribution is 5.94. The molecule has 1 aliphatic heterocycles. The summed E-state index contributed by atoms with van der Waals surface area (Å²) in [4.78, 5) is 29.7. The summed E-state index contributed by atoms with van der Waals surface area (Å²) in [6.07, 6.45) is 12.3. The van der Waals surface area contributed by atoms with Crippen molar-refractivity contribution in [3.63, 3.8) is 0 Å². The maximum Gasteiger partial charge on any atom is 0.253 e. The Hall–Kier alpha value is -4.04. The molecule has 1 amide bonds. The Labute approximate surface area is 211 Å². The van der Waals surface area contributed by atoms with Crippen LogP contribution < -0.4 is 4.74 Å². The normalized spacial score (nSPS) is 14.2. The van der Waals surface area contributed by atoms with Crippen molar-refractivity contribution in [1.82, 2.24) is 29.3 Å². The average Bonchev–Trinajstić information content (AvgIpc) is 3.45. The molecule has 0 unspecified atom stereocenters. The van der Waals surface area contributed by atoms with Crippen LogP contribution in [0.1, 0.15) is 34.5 Å². The highest BCUT2D eigenvalue weighted by Gasteiger charge is 2.25. The maximum atomic E-state index is 13.0. The van der Waals surface area contributed by atoms with Gasteiger partial charge in [0.05, 0.1) is 12.0 Å². The number of hydrogen-bond acceptors (Lipinski definition) is 6. The number of amides is 1. The Morgan fingerprint density at radius 1 is 1.03 bits per heavy atom. The van der Waals surface area contributed by atoms with Gasteiger partial charge in [-0.25, -0.2) is 4.98 Å². The number of carbonyl (C=O) groups is 1. The molecule has 0 bridgehead atoms. The molecule has 4 aromatic rings. The zero-order valence-corrected chi connectivity index (χ0v) is 20.4. The number of aromatic nitrogens is 4. The topological polar surface area (TPSA) is 76.4 Å². The highest BCUT2D eigenvalue weighted by atomic mass is 16.5. The third-order valence-electron chi connectivity index (χ3n) is 6.35. The van der Waals surface area contributed by atoms with Crippen LogP contribution in [-0.2, 0) is 13.1 Å². The molecule has 2 aromatic heterocycles. The standard InChI is InChI=1S/C28H30N6O2/c1-32(20-24-18-29-11-12-31-24)19-22-3-2-4-27(17-22)36-26-9-14-33(15-10-26)28(35)23-5-7-25(8-6-23)34-16-13-30-21-34/h2-8,11-13,16-18,21,26H,9-10,14-15,19-20H2,1H3. The molecule has 0 N–H and O–H groups in total. The third kappa shape index (κ3) is 5.95. The van der Waals surface area contributed by atoms with Crippen molar-refractivity contribution in [3.8, 4) is 11.4 Å². The van der Waals surface area contributed by atoms with Gasteiger partial charge in [-0.05, 0) is 49.0 Å². The largest absolute Gasteiger partial charge is 0.490 e. The van der Waals surface area contributed by atoms with E-state index in [1.165, 1.54) is 5.56 Å². The van der Waals surface area contributed by atoms with Gasteiger partial charge in [0.15, 0.2) is 0 Å². The molecule has 0 atom stereocenters. The van der Waals surface area contributed by atoms with Crippen molar-refractivity contribution >= 4 is 5.91 Å². The van der Waals surface area contributed by atoms with E-state index in [2.05, 4.69) is 39.0 Å². The Kier molecular flexibility index (Phi) is 7.33. The van der Waals surface area contributed by atoms with Crippen LogP contribution in [0.4, 0.5) is 0 Å². The fourth-order valence-corrected chi connectivity index (χ4v) is 4.51. The van der Waals surface area contributed by atoms with E-state index in [4.69, 9.17) is 4.74 Å². The first kappa shape index (κ1) is 23.7. The first-order valence-electron chi connectivity index (χ1n) is 12.2. The zero-order chi connectivity index (χ0) is 24.7. The molecule has 36 heavy (non-hydrogen) atoms. The van der Waals surface area contributed by atoms with Crippen molar-refractivity contribution in [1.29, 1.82) is 0 Å². The van der Waals surface area contributed by atoms with Crippen LogP contribution in [0.2, 0.25) is 0 Å². The summed E-state index contributed by atoms with van der Waals surface area (Å²) in [7, 11) is 2.07. The Balaban J connectivity index is 1.11. The zero-order valence-electron chi connectivity index (χ0n) is 20.4. The highest BCUT2D eigenvalue weighted by Crippen LogP contribution is 2.22. The summed E-state index contributed by atoms with van der Waals surface area (Å²) in [5, 5.41) is 0. The van der Waals surface area contributed by atoms with Crippen molar-refractivity contribution in [2.24, 2.45) is 0 Å². The number of ether oxygens (including phenoxy) is 1. The van der Waals surface area contributed by atoms with Crippen LogP contribution >= 0.6 is 0 Å². The molecule has 0 spiro atoms. The predicted octanol–water partition coefficient (Wildman–Crippen LogP) is 3.98. The summed E-state index contributed by atoms with van der Waals surface area (Å²) in [5.41, 5.74) is 3.82. The van der Waals surface area contributed by atoms with Crippen LogP contribution in [0.15, 0.2) is 85.8 Å². The van der Waals surface area contributed by atoms with E-state index in [0.29, 0.717) is 18.7 Å². The van der Waals surface area contributed by atoms with E-state index in [1.807, 2.05) is 52.1 Å². The van der Waals surface area contributed by atoms with Crippen LogP contribution in [0.25, 0.3) is 5.69 Å². The number of likely N-dealkylation sites (tertiary alicyclic amines) is 1. The van der Waals surface area contributed by atoms with Gasteiger partial charge in [0.2, 0.25) is 0 Å². The Morgan fingerprint density at radius 2 is 1.86 bits per heavy atom. The molecule has 8 nitrogen and oxygen atoms in total. The van der Waals surface area contributed by atoms with Gasteiger partial charge < -0.3 is 14.2 Å². The van der Waals surface area contributed by atoms with E-state index in [9.17, 15) is 4.79 Å². The summed E-state index contributed by atoms with van der Waals surface area (Å²) in [6.45, 7) is 2.90. The molecule has 1 aliphatic rings. The number of nitrogens with zero attached hydrogens (tertiary/aromatic N) is 6. The van der Waals surface area contributed by atoms with Gasteiger partial charge >= 0.3 is 0 Å². The molecule has 184 valence electrons. The van der Waals surface area contributed by atoms with Crippen molar-refractivity contribution in [2.75, 3.05) is 20.1 Å². The quantitative estimate of drug-likeness (QED) is 0.378. The van der Waals surface area contributed by atoms with Crippen LogP contribution in [0.5, 0.6) is 5.75 Å². The van der Waals surface area contributed by atoms with E-state index in [1.54, 1.807) is 31.1 Å². The molecule has 0 radical (unpaired) electrons. The number of piperidine rings is 1. The van der Waals surface area contributed by atoms with E-state index in [-0.39, 0.29) is 12.0 Å². The fraction of sp³-hybridized carbons (Fsp3) is 0.286. The summed E-state index contributed by atoms with van der Waals surface area (Å²) < 4.78 is 8.22. The number of imidazole rings is 1. The number of benzene rings is 2. The molecule has 5 rings (SSSR count). The third-order valence-corrected chi connectivity index (χ3v) is 6.35. The lowest BCUT2D eigenvalue weighted by atomic mass is 10.1. The van der Waals surface area contributed by atoms with Gasteiger partial charge in [0.1, 0.15) is 11.9 Å². The summed E-state index contributed by atoms with van der Waals surface area (Å²) in [5.74, 6) is 0.944. The molecule has 1 saturated heterocycles. The van der Waals surface area contributed by atoms with Crippen molar-refractivity contribution in [3.05, 3.63) is 103 Å². The van der Waals surface area contributed by atoms with Gasteiger partial charge in [-0.3, -0.25) is 19.7 Å². The molecule has 3 heterocycles. The van der Waals surface area contributed by atoms with Crippen LogP contribution in [-0.4, -0.2) is 61.5 Å². The number of rotatable bonds is 8. The lowest BCUT2D eigenvalue weighted by Gasteiger charge is -2.32. The molecule has 1 fully saturated rings. The average molecular weight is 483 g/mol. The molecule has 0 saturated carbocycles. The summed E-state index contributed by atoms with van der Waals surface area (Å²) in [6, 6.07) is 15.9. The molecule has 8 heteroatoms. The van der Waals surface area contributed by atoms with E-state index in [0.717, 1.165) is 43.1 Å². The lowest BCUT2D eigenvalue weighted by molar-refractivity contribution is 0.0595. The second kappa shape index (κ2) is 11.1. The Morgan fingerprint density at radius 3 is 2.58 bits per heavy atom. The number of carbonyl (C=O) groups excluding carboxylic acids is 1. The Bertz CT molecular complexity index is 1250. The first-order valence-corrected chi connectivity index (χ1v) is 12.2. The van der Waals surface area contributed by atoms with Crippen molar-refractivity contribution in [2.45, 2.75) is 32.0 Å². The van der Waals surface area contributed by atoms with Gasteiger partial charge in [0, 0.05) is 81.3 Å². The monoisotopic (exact) mass is 482 g/mol. The second-order valence-corrected chi connectivity index (χ2v) is 9.14. The summed E-state index contributed by atoms with van der Waals surface area (Å²) >= 11 is 0. The minimum Gasteiger partial charge on any atom is -0.490 e. The van der Waals surface area contributed by atoms with Crippen molar-refractivity contribution < 1.29 is 9.53 Å². The minimum atomic E-state index is 0.0683. The molecule has 0 aliphatic carbocycles. The van der Waals surface area contributed by atoms with Gasteiger partial charge in [-0.2, -0.15) is 0 Å². The maximum absolute atomic E-state index is 13.0. The van der Waals surface area contributed by atoms with Gasteiger partial charge in [-0.1, -0.05) is 12.1 Å². The molecular weight excluding hydrogens is 452 g/mol. The van der Waals surface area contributed by atoms with Gasteiger partial charge in [0.25, 0.3) is 5.91 Å². The van der Waals surface area contributed by atoms with Crippen LogP contribution in [0, 0.1) is 0 Å².